The van der Waals surface area contributed by atoms with E-state index in [0.717, 1.165) is 56.0 Å². The maximum absolute atomic E-state index is 14.3. The molecule has 2 fully saturated rings. The van der Waals surface area contributed by atoms with Gasteiger partial charge in [0.15, 0.2) is 0 Å². The second-order valence-corrected chi connectivity index (χ2v) is 12.5. The van der Waals surface area contributed by atoms with Gasteiger partial charge in [-0.1, -0.05) is 37.6 Å². The van der Waals surface area contributed by atoms with Crippen LogP contribution in [0.5, 0.6) is 0 Å². The van der Waals surface area contributed by atoms with Crippen molar-refractivity contribution >= 4 is 23.2 Å². The Morgan fingerprint density at radius 1 is 1.03 bits per heavy atom. The maximum atomic E-state index is 14.3. The molecular formula is C33H39NO5. The molecular weight excluding hydrogens is 490 g/mol. The van der Waals surface area contributed by atoms with Crippen molar-refractivity contribution in [3.05, 3.63) is 65.0 Å². The van der Waals surface area contributed by atoms with E-state index in [9.17, 15) is 14.4 Å². The van der Waals surface area contributed by atoms with Gasteiger partial charge in [-0.05, 0) is 92.2 Å². The number of hydrogen-bond acceptors (Lipinski definition) is 5. The van der Waals surface area contributed by atoms with E-state index in [-0.39, 0.29) is 35.3 Å². The molecule has 2 heterocycles. The predicted molar refractivity (Wildman–Crippen MR) is 148 cm³/mol. The number of allylic oxidation sites excluding steroid dienone is 3. The summed E-state index contributed by atoms with van der Waals surface area (Å²) in [4.78, 5) is 38.8. The normalized spacial score (nSPS) is 33.3. The van der Waals surface area contributed by atoms with E-state index < -0.39 is 5.97 Å². The molecule has 4 aliphatic carbocycles. The molecule has 0 radical (unpaired) electrons. The topological polar surface area (TPSA) is 74.1 Å². The number of pyridine rings is 1. The lowest BCUT2D eigenvalue weighted by atomic mass is 9.47. The summed E-state index contributed by atoms with van der Waals surface area (Å²) in [6.07, 6.45) is 13.2. The number of esters is 2. The van der Waals surface area contributed by atoms with Crippen LogP contribution in [0.3, 0.4) is 0 Å². The molecule has 6 rings (SSSR count). The summed E-state index contributed by atoms with van der Waals surface area (Å²) in [6.45, 7) is 8.25. The third kappa shape index (κ3) is 4.01. The predicted octanol–water partition coefficient (Wildman–Crippen LogP) is 6.73. The molecule has 0 aromatic carbocycles. The van der Waals surface area contributed by atoms with Gasteiger partial charge in [-0.3, -0.25) is 9.59 Å². The molecule has 0 N–H and O–H groups in total. The molecule has 6 atom stereocenters. The SMILES string of the molecule is CCOC(=O)c1cc2ccccn2c1C(=O)C1=CC[C@H]2[C@@H]3CC=C4C[C@@H](OC(C)=O)CC[C@]4(C)[C@H]3CC[C@]12C. The monoisotopic (exact) mass is 529 g/mol. The fourth-order valence-corrected chi connectivity index (χ4v) is 8.73. The molecule has 0 spiro atoms. The van der Waals surface area contributed by atoms with Crippen LogP contribution in [0.15, 0.2) is 53.8 Å². The lowest BCUT2D eigenvalue weighted by molar-refractivity contribution is -0.148. The van der Waals surface area contributed by atoms with E-state index in [1.165, 1.54) is 12.5 Å². The van der Waals surface area contributed by atoms with Crippen LogP contribution in [0, 0.1) is 28.6 Å². The number of carbonyl (C=O) groups excluding carboxylic acids is 3. The standard InChI is InChI=1S/C33H39NO5/c1-5-38-31(37)25-19-22-8-6-7-17-34(22)29(25)30(36)28-12-11-26-24-10-9-21-18-23(39-20(2)35)13-15-32(21,3)27(24)14-16-33(26,28)4/h6-9,12,17,19,23-24,26-27H,5,10-11,13-16,18H2,1-4H3/t23-,24-,26-,27-,32-,33-/m0/s1. The van der Waals surface area contributed by atoms with Gasteiger partial charge in [0.1, 0.15) is 11.8 Å². The second kappa shape index (κ2) is 9.50. The molecule has 0 unspecified atom stereocenters. The molecule has 6 heteroatoms. The first kappa shape index (κ1) is 26.1. The molecule has 39 heavy (non-hydrogen) atoms. The Bertz CT molecular complexity index is 1410. The summed E-state index contributed by atoms with van der Waals surface area (Å²) in [5.74, 6) is 0.790. The molecule has 2 saturated carbocycles. The third-order valence-corrected chi connectivity index (χ3v) is 10.6. The Morgan fingerprint density at radius 2 is 1.82 bits per heavy atom. The molecule has 2 aromatic rings. The summed E-state index contributed by atoms with van der Waals surface area (Å²) < 4.78 is 12.8. The molecule has 6 nitrogen and oxygen atoms in total. The smallest absolute Gasteiger partial charge is 0.340 e. The van der Waals surface area contributed by atoms with Gasteiger partial charge in [0.05, 0.1) is 12.2 Å². The largest absolute Gasteiger partial charge is 0.462 e. The number of fused-ring (bicyclic) bond motifs is 6. The van der Waals surface area contributed by atoms with E-state index in [1.807, 2.05) is 28.8 Å². The zero-order valence-electron chi connectivity index (χ0n) is 23.5. The number of nitrogens with zero attached hydrogens (tertiary/aromatic N) is 1. The fourth-order valence-electron chi connectivity index (χ4n) is 8.73. The lowest BCUT2D eigenvalue weighted by Crippen LogP contribution is -2.50. The minimum absolute atomic E-state index is 0.00457. The zero-order chi connectivity index (χ0) is 27.5. The van der Waals surface area contributed by atoms with Crippen molar-refractivity contribution in [2.45, 2.75) is 78.7 Å². The average Bonchev–Trinajstić information content (AvgIpc) is 3.46. The number of ketones is 1. The highest BCUT2D eigenvalue weighted by Crippen LogP contribution is 2.65. The van der Waals surface area contributed by atoms with Gasteiger partial charge in [-0.2, -0.15) is 0 Å². The minimum atomic E-state index is -0.448. The molecule has 0 bridgehead atoms. The Labute approximate surface area is 230 Å². The van der Waals surface area contributed by atoms with Crippen LogP contribution in [0.4, 0.5) is 0 Å². The van der Waals surface area contributed by atoms with Crippen LogP contribution in [0.1, 0.15) is 93.5 Å². The Morgan fingerprint density at radius 3 is 2.59 bits per heavy atom. The van der Waals surface area contributed by atoms with Gasteiger partial charge >= 0.3 is 11.9 Å². The van der Waals surface area contributed by atoms with Crippen LogP contribution in [0.2, 0.25) is 0 Å². The van der Waals surface area contributed by atoms with Crippen LogP contribution in [0.25, 0.3) is 5.52 Å². The van der Waals surface area contributed by atoms with E-state index in [1.54, 1.807) is 13.0 Å². The van der Waals surface area contributed by atoms with Crippen molar-refractivity contribution in [3.8, 4) is 0 Å². The average molecular weight is 530 g/mol. The highest BCUT2D eigenvalue weighted by atomic mass is 16.5. The van der Waals surface area contributed by atoms with Crippen LogP contribution >= 0.6 is 0 Å². The first-order valence-corrected chi connectivity index (χ1v) is 14.6. The summed E-state index contributed by atoms with van der Waals surface area (Å²) in [6, 6.07) is 7.50. The van der Waals surface area contributed by atoms with Crippen molar-refractivity contribution in [2.75, 3.05) is 6.61 Å². The number of aromatic nitrogens is 1. The van der Waals surface area contributed by atoms with E-state index in [4.69, 9.17) is 9.47 Å². The Balaban J connectivity index is 1.30. The zero-order valence-corrected chi connectivity index (χ0v) is 23.5. The number of ether oxygens (including phenoxy) is 2. The summed E-state index contributed by atoms with van der Waals surface area (Å²) in [5.41, 5.74) is 3.81. The Kier molecular flexibility index (Phi) is 6.35. The summed E-state index contributed by atoms with van der Waals surface area (Å²) >= 11 is 0. The van der Waals surface area contributed by atoms with E-state index in [0.29, 0.717) is 29.0 Å². The van der Waals surface area contributed by atoms with Crippen molar-refractivity contribution in [1.82, 2.24) is 4.40 Å². The molecule has 0 saturated heterocycles. The van der Waals surface area contributed by atoms with Crippen LogP contribution in [-0.4, -0.2) is 34.8 Å². The van der Waals surface area contributed by atoms with Crippen LogP contribution < -0.4 is 0 Å². The summed E-state index contributed by atoms with van der Waals surface area (Å²) in [5, 5.41) is 0. The molecule has 4 aliphatic rings. The van der Waals surface area contributed by atoms with Crippen molar-refractivity contribution in [1.29, 1.82) is 0 Å². The summed E-state index contributed by atoms with van der Waals surface area (Å²) in [7, 11) is 0. The maximum Gasteiger partial charge on any atom is 0.340 e. The highest BCUT2D eigenvalue weighted by molar-refractivity contribution is 6.15. The van der Waals surface area contributed by atoms with Crippen molar-refractivity contribution in [2.24, 2.45) is 28.6 Å². The molecule has 0 aliphatic heterocycles. The van der Waals surface area contributed by atoms with Gasteiger partial charge in [0.25, 0.3) is 0 Å². The van der Waals surface area contributed by atoms with Crippen LogP contribution in [-0.2, 0) is 14.3 Å². The first-order chi connectivity index (χ1) is 18.7. The molecule has 2 aromatic heterocycles. The van der Waals surface area contributed by atoms with Gasteiger partial charge < -0.3 is 13.9 Å². The molecule has 206 valence electrons. The van der Waals surface area contributed by atoms with Gasteiger partial charge in [-0.25, -0.2) is 4.79 Å². The number of Topliss-reactive ketones (excluding diaryl/α,β-unsaturated/α-hetero) is 1. The van der Waals surface area contributed by atoms with Crippen molar-refractivity contribution in [3.63, 3.8) is 0 Å². The number of rotatable bonds is 5. The van der Waals surface area contributed by atoms with Gasteiger partial charge in [0, 0.05) is 30.6 Å². The fraction of sp³-hybridized carbons (Fsp3) is 0.545. The first-order valence-electron chi connectivity index (χ1n) is 14.6. The van der Waals surface area contributed by atoms with Crippen molar-refractivity contribution < 1.29 is 23.9 Å². The number of carbonyl (C=O) groups is 3. The quantitative estimate of drug-likeness (QED) is 0.244. The second-order valence-electron chi connectivity index (χ2n) is 12.5. The van der Waals surface area contributed by atoms with E-state index in [2.05, 4.69) is 26.0 Å². The van der Waals surface area contributed by atoms with Gasteiger partial charge in [-0.15, -0.1) is 0 Å². The number of hydrogen-bond donors (Lipinski definition) is 0. The third-order valence-electron chi connectivity index (χ3n) is 10.6. The van der Waals surface area contributed by atoms with Gasteiger partial charge in [0.2, 0.25) is 5.78 Å². The van der Waals surface area contributed by atoms with E-state index >= 15 is 0 Å². The highest BCUT2D eigenvalue weighted by Gasteiger charge is 2.58. The Hall–Kier alpha value is -3.15. The molecule has 0 amide bonds. The lowest BCUT2D eigenvalue weighted by Gasteiger charge is -2.57. The minimum Gasteiger partial charge on any atom is -0.462 e.